The van der Waals surface area contributed by atoms with Crippen molar-refractivity contribution in [3.8, 4) is 0 Å². The molecule has 2 saturated heterocycles. The van der Waals surface area contributed by atoms with E-state index in [1.807, 2.05) is 0 Å². The Bertz CT molecular complexity index is 275. The van der Waals surface area contributed by atoms with Gasteiger partial charge in [-0.3, -0.25) is 4.79 Å². The first kappa shape index (κ1) is 15.8. The fraction of sp³-hybridized carbons (Fsp3) is 0.929. The average molecular weight is 275 g/mol. The van der Waals surface area contributed by atoms with Crippen LogP contribution in [0.15, 0.2) is 0 Å². The predicted molar refractivity (Wildman–Crippen MR) is 77.0 cm³/mol. The lowest BCUT2D eigenvalue weighted by atomic mass is 9.88. The van der Waals surface area contributed by atoms with Gasteiger partial charge in [0.25, 0.3) is 0 Å². The van der Waals surface area contributed by atoms with Gasteiger partial charge in [0.05, 0.1) is 0 Å². The highest BCUT2D eigenvalue weighted by Gasteiger charge is 2.32. The van der Waals surface area contributed by atoms with Crippen LogP contribution in [0.4, 0.5) is 0 Å². The lowest BCUT2D eigenvalue weighted by Crippen LogP contribution is -2.48. The zero-order valence-corrected chi connectivity index (χ0v) is 12.6. The maximum absolute atomic E-state index is 12.5. The molecule has 2 aliphatic rings. The van der Waals surface area contributed by atoms with Crippen molar-refractivity contribution in [2.45, 2.75) is 46.1 Å². The third-order valence-corrected chi connectivity index (χ3v) is 4.15. The van der Waals surface area contributed by atoms with Crippen LogP contribution in [-0.4, -0.2) is 36.5 Å². The second kappa shape index (κ2) is 6.76. The highest BCUT2D eigenvalue weighted by Crippen LogP contribution is 2.25. The van der Waals surface area contributed by atoms with Gasteiger partial charge >= 0.3 is 0 Å². The minimum Gasteiger partial charge on any atom is -0.342 e. The van der Waals surface area contributed by atoms with Crippen LogP contribution in [0.1, 0.15) is 40.0 Å². The highest BCUT2D eigenvalue weighted by atomic mass is 35.5. The van der Waals surface area contributed by atoms with Crippen LogP contribution in [0, 0.1) is 17.8 Å². The molecule has 4 heteroatoms. The second-order valence-corrected chi connectivity index (χ2v) is 6.27. The number of amides is 1. The lowest BCUT2D eigenvalue weighted by molar-refractivity contribution is -0.139. The molecule has 0 radical (unpaired) electrons. The van der Waals surface area contributed by atoms with E-state index in [-0.39, 0.29) is 18.3 Å². The van der Waals surface area contributed by atoms with E-state index in [0.29, 0.717) is 23.8 Å². The van der Waals surface area contributed by atoms with Crippen molar-refractivity contribution < 1.29 is 4.79 Å². The van der Waals surface area contributed by atoms with Gasteiger partial charge in [0.1, 0.15) is 0 Å². The smallest absolute Gasteiger partial charge is 0.225 e. The summed E-state index contributed by atoms with van der Waals surface area (Å²) in [6, 6.07) is 0.498. The van der Waals surface area contributed by atoms with Crippen LogP contribution in [0.2, 0.25) is 0 Å². The number of carbonyl (C=O) groups is 1. The molecular weight excluding hydrogens is 248 g/mol. The Balaban J connectivity index is 0.00000162. The van der Waals surface area contributed by atoms with Crippen molar-refractivity contribution in [2.24, 2.45) is 17.8 Å². The minimum absolute atomic E-state index is 0. The third kappa shape index (κ3) is 3.86. The molecule has 2 rings (SSSR count). The van der Waals surface area contributed by atoms with E-state index >= 15 is 0 Å². The summed E-state index contributed by atoms with van der Waals surface area (Å²) in [5.74, 6) is 2.02. The van der Waals surface area contributed by atoms with Crippen molar-refractivity contribution in [1.29, 1.82) is 0 Å². The Kier molecular flexibility index (Phi) is 5.93. The number of hydrogen-bond acceptors (Lipinski definition) is 2. The summed E-state index contributed by atoms with van der Waals surface area (Å²) < 4.78 is 0. The molecular formula is C14H27ClN2O. The number of piperidine rings is 2. The summed E-state index contributed by atoms with van der Waals surface area (Å²) in [5.41, 5.74) is 0. The SMILES string of the molecule is CC1CC(C)CN(C(=O)[C@H]2CCN[C@@H](C)C2)C1.Cl. The Labute approximate surface area is 117 Å². The van der Waals surface area contributed by atoms with Crippen LogP contribution in [0.25, 0.3) is 0 Å². The van der Waals surface area contributed by atoms with Gasteiger partial charge < -0.3 is 10.2 Å². The van der Waals surface area contributed by atoms with Gasteiger partial charge in [0.15, 0.2) is 0 Å². The molecule has 0 aromatic carbocycles. The molecule has 106 valence electrons. The zero-order valence-electron chi connectivity index (χ0n) is 11.8. The topological polar surface area (TPSA) is 32.3 Å². The van der Waals surface area contributed by atoms with Crippen LogP contribution in [0.5, 0.6) is 0 Å². The number of nitrogens with one attached hydrogen (secondary N) is 1. The molecule has 2 heterocycles. The fourth-order valence-electron chi connectivity index (χ4n) is 3.46. The summed E-state index contributed by atoms with van der Waals surface area (Å²) in [5, 5.41) is 3.42. The predicted octanol–water partition coefficient (Wildman–Crippen LogP) is 2.30. The molecule has 0 aliphatic carbocycles. The summed E-state index contributed by atoms with van der Waals surface area (Å²) in [6.45, 7) is 9.66. The molecule has 3 nitrogen and oxygen atoms in total. The van der Waals surface area contributed by atoms with Crippen LogP contribution >= 0.6 is 12.4 Å². The highest BCUT2D eigenvalue weighted by molar-refractivity contribution is 5.85. The molecule has 2 aliphatic heterocycles. The first-order valence-corrected chi connectivity index (χ1v) is 7.08. The molecule has 0 aromatic rings. The van der Waals surface area contributed by atoms with Gasteiger partial charge in [-0.1, -0.05) is 13.8 Å². The molecule has 0 saturated carbocycles. The van der Waals surface area contributed by atoms with Gasteiger partial charge in [-0.2, -0.15) is 0 Å². The molecule has 0 aromatic heterocycles. The molecule has 0 bridgehead atoms. The standard InChI is InChI=1S/C14H26N2O.ClH/c1-10-6-11(2)9-16(8-10)14(17)13-4-5-15-12(3)7-13;/h10-13,15H,4-9H2,1-3H3;1H/t10?,11?,12-,13-;/m0./s1. The van der Waals surface area contributed by atoms with Crippen molar-refractivity contribution in [3.05, 3.63) is 0 Å². The van der Waals surface area contributed by atoms with Gasteiger partial charge in [-0.15, -0.1) is 12.4 Å². The number of hydrogen-bond donors (Lipinski definition) is 1. The monoisotopic (exact) mass is 274 g/mol. The van der Waals surface area contributed by atoms with Crippen molar-refractivity contribution >= 4 is 18.3 Å². The quantitative estimate of drug-likeness (QED) is 0.796. The Hall–Kier alpha value is -0.280. The number of halogens is 1. The summed E-state index contributed by atoms with van der Waals surface area (Å²) in [7, 11) is 0. The number of nitrogens with zero attached hydrogens (tertiary/aromatic N) is 1. The summed E-state index contributed by atoms with van der Waals surface area (Å²) in [6.07, 6.45) is 3.30. The normalized spacial score (nSPS) is 36.9. The first-order valence-electron chi connectivity index (χ1n) is 7.08. The molecule has 1 amide bonds. The van der Waals surface area contributed by atoms with E-state index in [9.17, 15) is 4.79 Å². The average Bonchev–Trinajstić information content (AvgIpc) is 2.26. The molecule has 1 N–H and O–H groups in total. The van der Waals surface area contributed by atoms with E-state index in [1.165, 1.54) is 6.42 Å². The van der Waals surface area contributed by atoms with Crippen LogP contribution in [-0.2, 0) is 4.79 Å². The molecule has 0 spiro atoms. The lowest BCUT2D eigenvalue weighted by Gasteiger charge is -2.38. The maximum Gasteiger partial charge on any atom is 0.225 e. The van der Waals surface area contributed by atoms with E-state index in [0.717, 1.165) is 32.5 Å². The van der Waals surface area contributed by atoms with Gasteiger partial charge in [0, 0.05) is 25.0 Å². The van der Waals surface area contributed by atoms with E-state index in [1.54, 1.807) is 0 Å². The van der Waals surface area contributed by atoms with E-state index in [2.05, 4.69) is 31.0 Å². The van der Waals surface area contributed by atoms with E-state index < -0.39 is 0 Å². The molecule has 2 unspecified atom stereocenters. The van der Waals surface area contributed by atoms with Gasteiger partial charge in [-0.25, -0.2) is 0 Å². The Morgan fingerprint density at radius 2 is 1.72 bits per heavy atom. The largest absolute Gasteiger partial charge is 0.342 e. The number of likely N-dealkylation sites (tertiary alicyclic amines) is 1. The molecule has 2 fully saturated rings. The van der Waals surface area contributed by atoms with Crippen LogP contribution in [0.3, 0.4) is 0 Å². The fourth-order valence-corrected chi connectivity index (χ4v) is 3.46. The first-order chi connectivity index (χ1) is 8.06. The number of carbonyl (C=O) groups excluding carboxylic acids is 1. The third-order valence-electron chi connectivity index (χ3n) is 4.15. The van der Waals surface area contributed by atoms with Crippen molar-refractivity contribution in [3.63, 3.8) is 0 Å². The minimum atomic E-state index is 0. The van der Waals surface area contributed by atoms with Gasteiger partial charge in [-0.05, 0) is 44.6 Å². The maximum atomic E-state index is 12.5. The Morgan fingerprint density at radius 1 is 1.11 bits per heavy atom. The summed E-state index contributed by atoms with van der Waals surface area (Å²) in [4.78, 5) is 14.6. The van der Waals surface area contributed by atoms with Crippen molar-refractivity contribution in [2.75, 3.05) is 19.6 Å². The van der Waals surface area contributed by atoms with Gasteiger partial charge in [0.2, 0.25) is 5.91 Å². The van der Waals surface area contributed by atoms with E-state index in [4.69, 9.17) is 0 Å². The molecule has 4 atom stereocenters. The Morgan fingerprint density at radius 3 is 2.28 bits per heavy atom. The molecule has 18 heavy (non-hydrogen) atoms. The zero-order chi connectivity index (χ0) is 12.4. The van der Waals surface area contributed by atoms with Crippen LogP contribution < -0.4 is 5.32 Å². The second-order valence-electron chi connectivity index (χ2n) is 6.27. The summed E-state index contributed by atoms with van der Waals surface area (Å²) >= 11 is 0. The number of rotatable bonds is 1. The van der Waals surface area contributed by atoms with Crippen molar-refractivity contribution in [1.82, 2.24) is 10.2 Å².